The van der Waals surface area contributed by atoms with E-state index >= 15 is 0 Å². The molecule has 1 fully saturated rings. The van der Waals surface area contributed by atoms with Gasteiger partial charge in [0.15, 0.2) is 0 Å². The number of hydrogen-bond acceptors (Lipinski definition) is 5. The summed E-state index contributed by atoms with van der Waals surface area (Å²) in [5.41, 5.74) is 3.98. The number of imide groups is 1. The Bertz CT molecular complexity index is 575. The number of nitrogens with one attached hydrogen (secondary N) is 2. The van der Waals surface area contributed by atoms with Crippen molar-refractivity contribution in [2.45, 2.75) is 25.8 Å². The first-order chi connectivity index (χ1) is 10.6. The van der Waals surface area contributed by atoms with Crippen molar-refractivity contribution in [1.82, 2.24) is 10.2 Å². The third-order valence-electron chi connectivity index (χ3n) is 4.09. The Balaban J connectivity index is 1.45. The zero-order valence-electron chi connectivity index (χ0n) is 12.7. The number of benzene rings is 1. The Kier molecular flexibility index (Phi) is 4.69. The minimum absolute atomic E-state index is 0.0735. The zero-order chi connectivity index (χ0) is 15.5. The summed E-state index contributed by atoms with van der Waals surface area (Å²) >= 11 is 1.09. The van der Waals surface area contributed by atoms with Crippen LogP contribution in [0.3, 0.4) is 0 Å². The standard InChI is InChI=1S/C16H21N3O2S/c1-11(17-6-7-19-15(20)10-22-16(19)21)8-12-2-3-14-13(9-12)4-5-18-14/h2-3,9,11,17-18H,4-8,10H2,1H3. The maximum Gasteiger partial charge on any atom is 0.288 e. The normalized spacial score (nSPS) is 18.5. The van der Waals surface area contributed by atoms with Crippen LogP contribution >= 0.6 is 11.8 Å². The lowest BCUT2D eigenvalue weighted by atomic mass is 10.0. The molecule has 3 rings (SSSR count). The van der Waals surface area contributed by atoms with Crippen molar-refractivity contribution in [3.63, 3.8) is 0 Å². The molecule has 118 valence electrons. The first-order valence-corrected chi connectivity index (χ1v) is 8.68. The van der Waals surface area contributed by atoms with Gasteiger partial charge in [-0.1, -0.05) is 23.9 Å². The molecule has 1 aromatic rings. The topological polar surface area (TPSA) is 61.4 Å². The predicted molar refractivity (Wildman–Crippen MR) is 89.4 cm³/mol. The van der Waals surface area contributed by atoms with Gasteiger partial charge in [0.05, 0.1) is 5.75 Å². The molecule has 0 bridgehead atoms. The molecular weight excluding hydrogens is 298 g/mol. The van der Waals surface area contributed by atoms with Crippen LogP contribution in [0.2, 0.25) is 0 Å². The lowest BCUT2D eigenvalue weighted by Gasteiger charge is -2.17. The van der Waals surface area contributed by atoms with Crippen molar-refractivity contribution in [3.05, 3.63) is 29.3 Å². The second kappa shape index (κ2) is 6.71. The molecule has 5 nitrogen and oxygen atoms in total. The molecule has 0 aromatic heterocycles. The summed E-state index contributed by atoms with van der Waals surface area (Å²) in [5.74, 6) is 0.216. The maximum atomic E-state index is 11.5. The van der Waals surface area contributed by atoms with Crippen LogP contribution in [-0.2, 0) is 17.6 Å². The number of amides is 2. The summed E-state index contributed by atoms with van der Waals surface area (Å²) in [4.78, 5) is 24.3. The molecule has 1 aromatic carbocycles. The first-order valence-electron chi connectivity index (χ1n) is 7.69. The molecule has 6 heteroatoms. The molecule has 1 atom stereocenters. The average Bonchev–Trinajstić information content (AvgIpc) is 3.07. The van der Waals surface area contributed by atoms with Crippen LogP contribution in [0.5, 0.6) is 0 Å². The summed E-state index contributed by atoms with van der Waals surface area (Å²) in [5, 5.41) is 6.64. The highest BCUT2D eigenvalue weighted by Gasteiger charge is 2.29. The Labute approximate surface area is 134 Å². The van der Waals surface area contributed by atoms with Crippen LogP contribution in [0.1, 0.15) is 18.1 Å². The summed E-state index contributed by atoms with van der Waals surface area (Å²) in [6, 6.07) is 6.91. The number of hydrogen-bond donors (Lipinski definition) is 2. The van der Waals surface area contributed by atoms with Crippen LogP contribution in [0.25, 0.3) is 0 Å². The average molecular weight is 319 g/mol. The Morgan fingerprint density at radius 2 is 2.27 bits per heavy atom. The molecule has 2 aliphatic heterocycles. The van der Waals surface area contributed by atoms with Crippen LogP contribution in [0, 0.1) is 0 Å². The summed E-state index contributed by atoms with van der Waals surface area (Å²) < 4.78 is 0. The highest BCUT2D eigenvalue weighted by atomic mass is 32.2. The van der Waals surface area contributed by atoms with Gasteiger partial charge in [0.25, 0.3) is 5.24 Å². The molecule has 1 unspecified atom stereocenters. The van der Waals surface area contributed by atoms with Crippen LogP contribution in [0.4, 0.5) is 10.5 Å². The maximum absolute atomic E-state index is 11.5. The van der Waals surface area contributed by atoms with Gasteiger partial charge in [-0.3, -0.25) is 14.5 Å². The number of fused-ring (bicyclic) bond motifs is 1. The van der Waals surface area contributed by atoms with Crippen LogP contribution in [-0.4, -0.2) is 47.5 Å². The largest absolute Gasteiger partial charge is 0.384 e. The zero-order valence-corrected chi connectivity index (χ0v) is 13.5. The molecule has 1 saturated heterocycles. The fourth-order valence-electron chi connectivity index (χ4n) is 2.93. The van der Waals surface area contributed by atoms with Crippen LogP contribution in [0.15, 0.2) is 18.2 Å². The van der Waals surface area contributed by atoms with Gasteiger partial charge in [-0.15, -0.1) is 0 Å². The SMILES string of the molecule is CC(Cc1ccc2c(c1)CCN2)NCCN1C(=O)CSC1=O. The summed E-state index contributed by atoms with van der Waals surface area (Å²) in [7, 11) is 0. The van der Waals surface area contributed by atoms with Gasteiger partial charge >= 0.3 is 0 Å². The molecule has 22 heavy (non-hydrogen) atoms. The fraction of sp³-hybridized carbons (Fsp3) is 0.500. The molecule has 2 heterocycles. The molecule has 2 amide bonds. The second-order valence-corrected chi connectivity index (χ2v) is 6.75. The number of rotatable bonds is 6. The molecule has 0 saturated carbocycles. The van der Waals surface area contributed by atoms with Crippen molar-refractivity contribution < 1.29 is 9.59 Å². The van der Waals surface area contributed by atoms with E-state index in [1.54, 1.807) is 0 Å². The van der Waals surface area contributed by atoms with E-state index in [9.17, 15) is 9.59 Å². The Morgan fingerprint density at radius 1 is 1.41 bits per heavy atom. The van der Waals surface area contributed by atoms with E-state index in [0.29, 0.717) is 19.1 Å². The van der Waals surface area contributed by atoms with Gasteiger partial charge in [-0.25, -0.2) is 0 Å². The lowest BCUT2D eigenvalue weighted by molar-refractivity contribution is -0.124. The Hall–Kier alpha value is -1.53. The molecule has 2 aliphatic rings. The van der Waals surface area contributed by atoms with E-state index in [1.807, 2.05) is 0 Å². The van der Waals surface area contributed by atoms with Gasteiger partial charge in [-0.05, 0) is 37.0 Å². The third kappa shape index (κ3) is 3.44. The van der Waals surface area contributed by atoms with E-state index in [0.717, 1.165) is 31.1 Å². The molecular formula is C16H21N3O2S. The predicted octanol–water partition coefficient (Wildman–Crippen LogP) is 1.87. The highest BCUT2D eigenvalue weighted by Crippen LogP contribution is 2.23. The smallest absolute Gasteiger partial charge is 0.288 e. The van der Waals surface area contributed by atoms with Crippen molar-refractivity contribution in [1.29, 1.82) is 0 Å². The van der Waals surface area contributed by atoms with Crippen molar-refractivity contribution in [3.8, 4) is 0 Å². The third-order valence-corrected chi connectivity index (χ3v) is 4.95. The number of carbonyl (C=O) groups excluding carboxylic acids is 2. The first kappa shape index (κ1) is 15.4. The minimum Gasteiger partial charge on any atom is -0.384 e. The molecule has 0 radical (unpaired) electrons. The van der Waals surface area contributed by atoms with Gasteiger partial charge in [0.1, 0.15) is 0 Å². The number of carbonyl (C=O) groups is 2. The van der Waals surface area contributed by atoms with Gasteiger partial charge in [0, 0.05) is 31.4 Å². The number of thioether (sulfide) groups is 1. The quantitative estimate of drug-likeness (QED) is 0.838. The minimum atomic E-state index is -0.120. The lowest BCUT2D eigenvalue weighted by Crippen LogP contribution is -2.38. The molecule has 2 N–H and O–H groups in total. The van der Waals surface area contributed by atoms with Gasteiger partial charge in [-0.2, -0.15) is 0 Å². The van der Waals surface area contributed by atoms with Crippen molar-refractivity contribution in [2.75, 3.05) is 30.7 Å². The Morgan fingerprint density at radius 3 is 3.05 bits per heavy atom. The van der Waals surface area contributed by atoms with E-state index in [2.05, 4.69) is 35.8 Å². The number of anilines is 1. The summed E-state index contributed by atoms with van der Waals surface area (Å²) in [6.45, 7) is 4.27. The van der Waals surface area contributed by atoms with Gasteiger partial charge < -0.3 is 10.6 Å². The van der Waals surface area contributed by atoms with Gasteiger partial charge in [0.2, 0.25) is 5.91 Å². The molecule has 0 aliphatic carbocycles. The van der Waals surface area contributed by atoms with Crippen LogP contribution < -0.4 is 10.6 Å². The van der Waals surface area contributed by atoms with E-state index in [-0.39, 0.29) is 16.9 Å². The monoisotopic (exact) mass is 319 g/mol. The summed E-state index contributed by atoms with van der Waals surface area (Å²) in [6.07, 6.45) is 2.05. The fourth-order valence-corrected chi connectivity index (χ4v) is 3.68. The second-order valence-electron chi connectivity index (χ2n) is 5.83. The van der Waals surface area contributed by atoms with Crippen molar-refractivity contribution >= 4 is 28.6 Å². The van der Waals surface area contributed by atoms with E-state index in [1.165, 1.54) is 21.7 Å². The molecule has 0 spiro atoms. The van der Waals surface area contributed by atoms with E-state index < -0.39 is 0 Å². The number of nitrogens with zero attached hydrogens (tertiary/aromatic N) is 1. The highest BCUT2D eigenvalue weighted by molar-refractivity contribution is 8.14. The van der Waals surface area contributed by atoms with E-state index in [4.69, 9.17) is 0 Å². The van der Waals surface area contributed by atoms with Crippen molar-refractivity contribution in [2.24, 2.45) is 0 Å².